The molecule has 2 saturated heterocycles. The van der Waals surface area contributed by atoms with Gasteiger partial charge in [0.25, 0.3) is 0 Å². The van der Waals surface area contributed by atoms with Gasteiger partial charge in [-0.1, -0.05) is 146 Å². The average molecular weight is 1080 g/mol. The smallest absolute Gasteiger partial charge is 0.351 e. The Balaban J connectivity index is 0.000000336. The number of ether oxygens (including phenoxy) is 5. The molecule has 408 valence electrons. The van der Waals surface area contributed by atoms with Crippen molar-refractivity contribution in [1.82, 2.24) is 19.1 Å². The second-order valence-corrected chi connectivity index (χ2v) is 18.6. The summed E-state index contributed by atoms with van der Waals surface area (Å²) in [7, 11) is 3.11. The number of aldehydes is 1. The third kappa shape index (κ3) is 10.5. The van der Waals surface area contributed by atoms with Crippen LogP contribution in [0.2, 0.25) is 0 Å². The Morgan fingerprint density at radius 2 is 1.04 bits per heavy atom. The minimum absolute atomic E-state index is 0.104. The summed E-state index contributed by atoms with van der Waals surface area (Å²) in [6.45, 7) is 1.20. The first-order valence-electron chi connectivity index (χ1n) is 24.8. The normalized spacial score (nSPS) is 20.8. The Kier molecular flexibility index (Phi) is 16.0. The van der Waals surface area contributed by atoms with Crippen molar-refractivity contribution < 1.29 is 56.3 Å². The lowest BCUT2D eigenvalue weighted by molar-refractivity contribution is -0.180. The Labute approximate surface area is 450 Å². The van der Waals surface area contributed by atoms with Crippen molar-refractivity contribution in [3.8, 4) is 11.5 Å². The van der Waals surface area contributed by atoms with E-state index < -0.39 is 77.3 Å². The molecule has 10 rings (SSSR count). The number of aliphatic hydroxyl groups excluding tert-OH is 2. The van der Waals surface area contributed by atoms with Gasteiger partial charge >= 0.3 is 23.2 Å². The van der Waals surface area contributed by atoms with Gasteiger partial charge in [0.15, 0.2) is 18.5 Å². The molecule has 7 atom stereocenters. The zero-order valence-electron chi connectivity index (χ0n) is 42.6. The van der Waals surface area contributed by atoms with Crippen LogP contribution in [-0.4, -0.2) is 92.2 Å². The number of nitrogens with zero attached hydrogens (tertiary/aromatic N) is 4. The maximum atomic E-state index is 17.2. The fourth-order valence-corrected chi connectivity index (χ4v) is 9.94. The van der Waals surface area contributed by atoms with E-state index in [0.29, 0.717) is 37.3 Å². The number of carbonyl (C=O) groups excluding carboxylic acids is 1. The zero-order valence-corrected chi connectivity index (χ0v) is 42.6. The van der Waals surface area contributed by atoms with Crippen LogP contribution in [0.4, 0.5) is 29.2 Å². The van der Waals surface area contributed by atoms with Crippen LogP contribution in [0.15, 0.2) is 204 Å². The molecule has 0 spiro atoms. The van der Waals surface area contributed by atoms with Gasteiger partial charge in [-0.25, -0.2) is 9.59 Å². The molecule has 2 aliphatic heterocycles. The predicted molar refractivity (Wildman–Crippen MR) is 283 cm³/mol. The number of halogens is 4. The standard InChI is InChI=1S/C49H41F2N3O6.C10H13F2N3O4/c1-57-40-27-23-36(24-28-40)47(34-15-7-3-8-16-34,35-17-9-4-10-18-35)53-43-31-32-54(46(56)52-43)45-49(50,51)44(42(33-55)59-45)60-48(37-19-11-5-12-20-37,38-21-13-6-14-22-38)39-25-29-41(58-2)30-26-39;1-4(16)6-7(17)10(11,12)8(19-6)15-3-2-5(13)14-9(15)18/h3-33,42,44-45H,1-2H3,(H,52,53,56);2-4,6-8,16-17H,1H3,(H2,13,14,18)/t42-,44-,45?;4?,6-,7-,8?/m11/s1. The molecule has 5 N–H and O–H groups in total. The summed E-state index contributed by atoms with van der Waals surface area (Å²) in [6.07, 6.45) is -10.8. The van der Waals surface area contributed by atoms with Crippen LogP contribution < -0.4 is 31.9 Å². The number of anilines is 2. The highest BCUT2D eigenvalue weighted by Gasteiger charge is 2.64. The van der Waals surface area contributed by atoms with Crippen LogP contribution in [0, 0.1) is 0 Å². The van der Waals surface area contributed by atoms with Gasteiger partial charge in [0, 0.05) is 12.4 Å². The summed E-state index contributed by atoms with van der Waals surface area (Å²) in [6, 6.07) is 54.1. The number of nitrogen functional groups attached to an aromatic ring is 1. The second-order valence-electron chi connectivity index (χ2n) is 18.6. The number of nitrogens with two attached hydrogens (primary N) is 1. The molecule has 16 nitrogen and oxygen atoms in total. The van der Waals surface area contributed by atoms with E-state index in [1.165, 1.54) is 26.3 Å². The van der Waals surface area contributed by atoms with E-state index >= 15 is 8.78 Å². The van der Waals surface area contributed by atoms with Gasteiger partial charge in [-0.3, -0.25) is 9.13 Å². The predicted octanol–water partition coefficient (Wildman–Crippen LogP) is 7.87. The first kappa shape index (κ1) is 55.2. The van der Waals surface area contributed by atoms with Crippen LogP contribution in [0.1, 0.15) is 52.8 Å². The number of alkyl halides is 4. The van der Waals surface area contributed by atoms with Crippen molar-refractivity contribution in [2.45, 2.75) is 72.9 Å². The number of nitrogens with one attached hydrogen (secondary N) is 1. The molecule has 0 radical (unpaired) electrons. The summed E-state index contributed by atoms with van der Waals surface area (Å²) in [5, 5.41) is 22.3. The summed E-state index contributed by atoms with van der Waals surface area (Å²) >= 11 is 0. The molecule has 2 aliphatic rings. The average Bonchev–Trinajstić information content (AvgIpc) is 4.08. The number of benzene rings is 6. The Morgan fingerprint density at radius 3 is 1.47 bits per heavy atom. The lowest BCUT2D eigenvalue weighted by atomic mass is 9.77. The molecule has 0 amide bonds. The fraction of sp³-hybridized carbons (Fsp3) is 0.237. The largest absolute Gasteiger partial charge is 0.497 e. The lowest BCUT2D eigenvalue weighted by Crippen LogP contribution is -2.48. The number of methoxy groups -OCH3 is 2. The van der Waals surface area contributed by atoms with Gasteiger partial charge in [0.2, 0.25) is 12.5 Å². The van der Waals surface area contributed by atoms with E-state index in [4.69, 9.17) is 29.4 Å². The highest BCUT2D eigenvalue weighted by molar-refractivity contribution is 5.60. The highest BCUT2D eigenvalue weighted by atomic mass is 19.3. The molecule has 2 aromatic heterocycles. The Hall–Kier alpha value is -8.53. The molecule has 2 fully saturated rings. The third-order valence-electron chi connectivity index (χ3n) is 13.8. The summed E-state index contributed by atoms with van der Waals surface area (Å²) in [5.41, 5.74) is 4.41. The molecule has 0 aliphatic carbocycles. The first-order chi connectivity index (χ1) is 38.0. The van der Waals surface area contributed by atoms with Crippen LogP contribution >= 0.6 is 0 Å². The number of hydrogen-bond acceptors (Lipinski definition) is 14. The zero-order chi connectivity index (χ0) is 56.1. The lowest BCUT2D eigenvalue weighted by Gasteiger charge is -2.39. The van der Waals surface area contributed by atoms with Crippen LogP contribution in [0.5, 0.6) is 11.5 Å². The molecule has 20 heteroatoms. The van der Waals surface area contributed by atoms with Gasteiger partial charge in [0.05, 0.1) is 20.3 Å². The first-order valence-corrected chi connectivity index (χ1v) is 24.8. The van der Waals surface area contributed by atoms with E-state index in [9.17, 15) is 33.4 Å². The summed E-state index contributed by atoms with van der Waals surface area (Å²) in [5.74, 6) is -6.48. The molecule has 8 aromatic rings. The maximum Gasteiger partial charge on any atom is 0.351 e. The third-order valence-corrected chi connectivity index (χ3v) is 13.8. The Bertz CT molecular complexity index is 3380. The van der Waals surface area contributed by atoms with Gasteiger partial charge in [-0.05, 0) is 76.7 Å². The number of aromatic nitrogens is 4. The minimum atomic E-state index is -3.94. The van der Waals surface area contributed by atoms with E-state index in [-0.39, 0.29) is 17.9 Å². The van der Waals surface area contributed by atoms with Crippen molar-refractivity contribution in [3.63, 3.8) is 0 Å². The van der Waals surface area contributed by atoms with E-state index in [0.717, 1.165) is 29.0 Å². The number of rotatable bonds is 16. The molecule has 4 heterocycles. The second kappa shape index (κ2) is 22.8. The monoisotopic (exact) mass is 1080 g/mol. The fourth-order valence-electron chi connectivity index (χ4n) is 9.94. The quantitative estimate of drug-likeness (QED) is 0.0412. The molecular weight excluding hydrogens is 1030 g/mol. The van der Waals surface area contributed by atoms with Gasteiger partial charge < -0.3 is 49.7 Å². The maximum absolute atomic E-state index is 17.2. The minimum Gasteiger partial charge on any atom is -0.497 e. The molecular formula is C59H54F4N6O10. The van der Waals surface area contributed by atoms with E-state index in [2.05, 4.69) is 15.3 Å². The number of hydrogen-bond donors (Lipinski definition) is 4. The topological polar surface area (TPSA) is 212 Å². The molecule has 0 saturated carbocycles. The van der Waals surface area contributed by atoms with Gasteiger partial charge in [-0.15, -0.1) is 0 Å². The summed E-state index contributed by atoms with van der Waals surface area (Å²) < 4.78 is 91.7. The van der Waals surface area contributed by atoms with Crippen LogP contribution in [-0.2, 0) is 30.1 Å². The van der Waals surface area contributed by atoms with Crippen molar-refractivity contribution >= 4 is 17.9 Å². The molecule has 79 heavy (non-hydrogen) atoms. The van der Waals surface area contributed by atoms with E-state index in [1.54, 1.807) is 79.9 Å². The van der Waals surface area contributed by atoms with E-state index in [1.807, 2.05) is 97.1 Å². The van der Waals surface area contributed by atoms with Crippen molar-refractivity contribution in [1.29, 1.82) is 0 Å². The van der Waals surface area contributed by atoms with Crippen molar-refractivity contribution in [2.75, 3.05) is 25.3 Å². The highest BCUT2D eigenvalue weighted by Crippen LogP contribution is 2.51. The van der Waals surface area contributed by atoms with Crippen molar-refractivity contribution in [2.24, 2.45) is 0 Å². The SMILES string of the molecule is CC(O)[C@H]1OC(n2ccc(N)nc2=O)C(F)(F)[C@@H]1O.COc1ccc(C(Nc2ccn(C3O[C@H](C=O)[C@@H](OC(c4ccccc4)(c4ccccc4)c4ccc(OC)cc4)C3(F)F)c(=O)n2)(c2ccccc2)c2ccccc2)cc1. The van der Waals surface area contributed by atoms with Crippen LogP contribution in [0.25, 0.3) is 0 Å². The van der Waals surface area contributed by atoms with Crippen molar-refractivity contribution in [3.05, 3.63) is 249 Å². The molecule has 6 aromatic carbocycles. The van der Waals surface area contributed by atoms with Gasteiger partial charge in [0.1, 0.15) is 46.5 Å². The number of carbonyl (C=O) groups is 1. The van der Waals surface area contributed by atoms with Crippen LogP contribution in [0.3, 0.4) is 0 Å². The Morgan fingerprint density at radius 1 is 0.620 bits per heavy atom. The van der Waals surface area contributed by atoms with Gasteiger partial charge in [-0.2, -0.15) is 27.5 Å². The number of aliphatic hydroxyl groups is 2. The molecule has 3 unspecified atom stereocenters. The summed E-state index contributed by atoms with van der Waals surface area (Å²) in [4.78, 5) is 45.9. The molecule has 0 bridgehead atoms.